The fourth-order valence-corrected chi connectivity index (χ4v) is 12.2. The Morgan fingerprint density at radius 2 is 0.602 bits per heavy atom. The fraction of sp³-hybridized carbons (Fsp3) is 0.922. The Labute approximate surface area is 520 Å². The molecule has 0 aliphatic heterocycles. The number of allylic oxidation sites excluding steroid dienone is 4. The summed E-state index contributed by atoms with van der Waals surface area (Å²) in [6.07, 6.45) is 92.8. The molecule has 0 bridgehead atoms. The predicted octanol–water partition coefficient (Wildman–Crippen LogP) is 24.9. The molecule has 0 saturated heterocycles. The van der Waals surface area contributed by atoms with Crippen molar-refractivity contribution in [3.05, 3.63) is 24.3 Å². The Hall–Kier alpha value is -1.66. The van der Waals surface area contributed by atoms with E-state index in [1.54, 1.807) is 0 Å². The van der Waals surface area contributed by atoms with E-state index in [4.69, 9.17) is 4.74 Å². The minimum atomic E-state index is -0.658. The molecule has 0 aliphatic carbocycles. The number of carbonyl (C=O) groups excluding carboxylic acids is 2. The summed E-state index contributed by atoms with van der Waals surface area (Å²) < 4.78 is 5.50. The highest BCUT2D eigenvalue weighted by molar-refractivity contribution is 5.76. The first-order valence-electron chi connectivity index (χ1n) is 38.1. The number of ether oxygens (including phenoxy) is 1. The predicted molar refractivity (Wildman–Crippen MR) is 366 cm³/mol. The zero-order chi connectivity index (χ0) is 59.9. The van der Waals surface area contributed by atoms with E-state index in [0.29, 0.717) is 25.9 Å². The molecule has 3 N–H and O–H groups in total. The first-order valence-corrected chi connectivity index (χ1v) is 38.1. The van der Waals surface area contributed by atoms with E-state index in [2.05, 4.69) is 43.5 Å². The maximum Gasteiger partial charge on any atom is 0.305 e. The van der Waals surface area contributed by atoms with Crippen molar-refractivity contribution in [3.63, 3.8) is 0 Å². The third-order valence-electron chi connectivity index (χ3n) is 18.0. The number of hydrogen-bond donors (Lipinski definition) is 3. The molecular formula is C77H149NO5. The molecule has 2 atom stereocenters. The van der Waals surface area contributed by atoms with Gasteiger partial charge in [0.05, 0.1) is 25.4 Å². The van der Waals surface area contributed by atoms with E-state index < -0.39 is 12.1 Å². The number of rotatable bonds is 72. The average Bonchev–Trinajstić information content (AvgIpc) is 3.49. The van der Waals surface area contributed by atoms with Gasteiger partial charge in [0, 0.05) is 12.8 Å². The van der Waals surface area contributed by atoms with Crippen LogP contribution in [0.5, 0.6) is 0 Å². The number of esters is 1. The highest BCUT2D eigenvalue weighted by Crippen LogP contribution is 2.20. The molecule has 0 fully saturated rings. The van der Waals surface area contributed by atoms with Crippen LogP contribution in [-0.4, -0.2) is 47.4 Å². The summed E-state index contributed by atoms with van der Waals surface area (Å²) in [6, 6.07) is -0.535. The Balaban J connectivity index is 3.27. The molecule has 0 saturated carbocycles. The van der Waals surface area contributed by atoms with Crippen LogP contribution in [0.1, 0.15) is 431 Å². The molecule has 6 nitrogen and oxygen atoms in total. The Morgan fingerprint density at radius 3 is 0.928 bits per heavy atom. The van der Waals surface area contributed by atoms with Gasteiger partial charge in [0.2, 0.25) is 5.91 Å². The van der Waals surface area contributed by atoms with E-state index >= 15 is 0 Å². The Bertz CT molecular complexity index is 1300. The van der Waals surface area contributed by atoms with E-state index in [1.807, 2.05) is 0 Å². The van der Waals surface area contributed by atoms with E-state index in [0.717, 1.165) is 51.4 Å². The van der Waals surface area contributed by atoms with Gasteiger partial charge in [-0.3, -0.25) is 9.59 Å². The molecule has 1 amide bonds. The quantitative estimate of drug-likeness (QED) is 0.0320. The van der Waals surface area contributed by atoms with Crippen LogP contribution in [-0.2, 0) is 14.3 Å². The molecular weight excluding hydrogens is 1020 g/mol. The van der Waals surface area contributed by atoms with Crippen LogP contribution in [0.2, 0.25) is 0 Å². The lowest BCUT2D eigenvalue weighted by atomic mass is 10.0. The van der Waals surface area contributed by atoms with Gasteiger partial charge in [0.1, 0.15) is 0 Å². The van der Waals surface area contributed by atoms with E-state index in [1.165, 1.54) is 347 Å². The van der Waals surface area contributed by atoms with E-state index in [9.17, 15) is 19.8 Å². The third-order valence-corrected chi connectivity index (χ3v) is 18.0. The second-order valence-electron chi connectivity index (χ2n) is 26.3. The fourth-order valence-electron chi connectivity index (χ4n) is 12.2. The molecule has 0 aromatic carbocycles. The Kier molecular flexibility index (Phi) is 71.4. The Morgan fingerprint density at radius 1 is 0.337 bits per heavy atom. The molecule has 492 valence electrons. The van der Waals surface area contributed by atoms with Gasteiger partial charge in [-0.2, -0.15) is 0 Å². The highest BCUT2D eigenvalue weighted by Gasteiger charge is 2.20. The zero-order valence-corrected chi connectivity index (χ0v) is 56.5. The van der Waals surface area contributed by atoms with Crippen molar-refractivity contribution in [1.82, 2.24) is 5.32 Å². The number of aliphatic hydroxyl groups is 2. The molecule has 0 rings (SSSR count). The minimum Gasteiger partial charge on any atom is -0.466 e. The van der Waals surface area contributed by atoms with Gasteiger partial charge in [-0.25, -0.2) is 0 Å². The van der Waals surface area contributed by atoms with Crippen molar-refractivity contribution in [2.45, 2.75) is 443 Å². The summed E-state index contributed by atoms with van der Waals surface area (Å²) in [6.45, 7) is 4.96. The monoisotopic (exact) mass is 1170 g/mol. The molecule has 6 heteroatoms. The highest BCUT2D eigenvalue weighted by atomic mass is 16.5. The van der Waals surface area contributed by atoms with Crippen molar-refractivity contribution in [3.8, 4) is 0 Å². The molecule has 0 spiro atoms. The van der Waals surface area contributed by atoms with Crippen molar-refractivity contribution in [2.24, 2.45) is 0 Å². The summed E-state index contributed by atoms with van der Waals surface area (Å²) in [5, 5.41) is 23.2. The van der Waals surface area contributed by atoms with Gasteiger partial charge in [-0.05, 0) is 57.8 Å². The number of carbonyl (C=O) groups is 2. The summed E-state index contributed by atoms with van der Waals surface area (Å²) in [4.78, 5) is 24.6. The van der Waals surface area contributed by atoms with Crippen LogP contribution >= 0.6 is 0 Å². The van der Waals surface area contributed by atoms with Crippen LogP contribution < -0.4 is 5.32 Å². The van der Waals surface area contributed by atoms with Gasteiger partial charge >= 0.3 is 5.97 Å². The second kappa shape index (κ2) is 72.8. The SMILES string of the molecule is CCCCCC/C=C\C/C=C\CCCCCCCC(=O)OCCCCCCCCCCCCCCCCCCCCCCCCCCCCCCCCCCCCCCCCCC(=O)NC(CO)C(O)CCCCCCCCCCCCC. The second-order valence-corrected chi connectivity index (χ2v) is 26.3. The molecule has 0 heterocycles. The largest absolute Gasteiger partial charge is 0.466 e. The molecule has 0 aliphatic rings. The minimum absolute atomic E-state index is 0.0111. The standard InChI is InChI=1S/C77H149NO5/c1-3-5-7-9-11-13-15-16-17-44-47-51-55-59-63-67-71-77(82)83-72-68-64-60-56-52-48-45-42-40-38-36-34-32-30-28-26-24-22-20-18-19-21-23-25-27-29-31-33-35-37-39-41-43-46-50-54-58-62-66-70-76(81)78-74(73-79)75(80)69-65-61-57-53-49-14-12-10-8-6-4-2/h13,15,17,44,74-75,79-80H,3-12,14,16,18-43,45-73H2,1-2H3,(H,78,81)/b15-13-,44-17-. The van der Waals surface area contributed by atoms with Gasteiger partial charge in [-0.1, -0.05) is 385 Å². The number of nitrogens with one attached hydrogen (secondary N) is 1. The van der Waals surface area contributed by atoms with Gasteiger partial charge in [0.25, 0.3) is 0 Å². The van der Waals surface area contributed by atoms with Gasteiger partial charge in [-0.15, -0.1) is 0 Å². The van der Waals surface area contributed by atoms with E-state index in [-0.39, 0.29) is 18.5 Å². The zero-order valence-electron chi connectivity index (χ0n) is 56.5. The number of hydrogen-bond acceptors (Lipinski definition) is 5. The van der Waals surface area contributed by atoms with Crippen LogP contribution in [0, 0.1) is 0 Å². The first-order chi connectivity index (χ1) is 41.0. The maximum absolute atomic E-state index is 12.5. The van der Waals surface area contributed by atoms with Crippen LogP contribution in [0.3, 0.4) is 0 Å². The van der Waals surface area contributed by atoms with Crippen molar-refractivity contribution < 1.29 is 24.5 Å². The number of aliphatic hydroxyl groups excluding tert-OH is 2. The average molecular weight is 1170 g/mol. The summed E-state index contributed by atoms with van der Waals surface area (Å²) >= 11 is 0. The van der Waals surface area contributed by atoms with Crippen LogP contribution in [0.25, 0.3) is 0 Å². The van der Waals surface area contributed by atoms with Gasteiger partial charge in [0.15, 0.2) is 0 Å². The van der Waals surface area contributed by atoms with Crippen molar-refractivity contribution in [2.75, 3.05) is 13.2 Å². The summed E-state index contributed by atoms with van der Waals surface area (Å²) in [7, 11) is 0. The van der Waals surface area contributed by atoms with Crippen molar-refractivity contribution in [1.29, 1.82) is 0 Å². The lowest BCUT2D eigenvalue weighted by molar-refractivity contribution is -0.143. The van der Waals surface area contributed by atoms with Crippen molar-refractivity contribution >= 4 is 11.9 Å². The van der Waals surface area contributed by atoms with Gasteiger partial charge < -0.3 is 20.3 Å². The lowest BCUT2D eigenvalue weighted by Crippen LogP contribution is -2.45. The maximum atomic E-state index is 12.5. The number of unbranched alkanes of at least 4 members (excludes halogenated alkanes) is 57. The molecule has 0 aromatic heterocycles. The summed E-state index contributed by atoms with van der Waals surface area (Å²) in [5.74, 6) is -0.0164. The topological polar surface area (TPSA) is 95.9 Å². The van der Waals surface area contributed by atoms with Crippen LogP contribution in [0.15, 0.2) is 24.3 Å². The molecule has 83 heavy (non-hydrogen) atoms. The summed E-state index contributed by atoms with van der Waals surface area (Å²) in [5.41, 5.74) is 0. The number of amides is 1. The lowest BCUT2D eigenvalue weighted by Gasteiger charge is -2.22. The molecule has 2 unspecified atom stereocenters. The van der Waals surface area contributed by atoms with Crippen LogP contribution in [0.4, 0.5) is 0 Å². The normalized spacial score (nSPS) is 12.6. The third kappa shape index (κ3) is 69.3. The molecule has 0 aromatic rings. The molecule has 0 radical (unpaired) electrons. The smallest absolute Gasteiger partial charge is 0.305 e. The first kappa shape index (κ1) is 81.3.